The zero-order valence-electron chi connectivity index (χ0n) is 13.5. The number of aromatic nitrogens is 4. The summed E-state index contributed by atoms with van der Waals surface area (Å²) < 4.78 is 5.02. The van der Waals surface area contributed by atoms with Crippen molar-refractivity contribution in [3.05, 3.63) is 35.5 Å². The number of likely N-dealkylation sites (tertiary alicyclic amines) is 1. The van der Waals surface area contributed by atoms with Gasteiger partial charge in [0.05, 0.1) is 12.7 Å². The topological polar surface area (TPSA) is 84.0 Å². The van der Waals surface area contributed by atoms with Gasteiger partial charge in [-0.3, -0.25) is 9.89 Å². The van der Waals surface area contributed by atoms with Crippen LogP contribution < -0.4 is 4.74 Å². The molecule has 0 aliphatic carbocycles. The van der Waals surface area contributed by atoms with Crippen molar-refractivity contribution in [2.45, 2.75) is 26.2 Å². The Morgan fingerprint density at radius 1 is 1.39 bits per heavy atom. The van der Waals surface area contributed by atoms with E-state index in [1.807, 2.05) is 11.8 Å². The Balaban J connectivity index is 1.54. The molecule has 0 saturated carbocycles. The maximum Gasteiger partial charge on any atom is 0.255 e. The molecule has 0 radical (unpaired) electrons. The molecule has 3 heterocycles. The molecule has 1 N–H and O–H groups in total. The molecule has 3 rings (SSSR count). The van der Waals surface area contributed by atoms with E-state index >= 15 is 0 Å². The van der Waals surface area contributed by atoms with Crippen molar-refractivity contribution in [2.75, 3.05) is 20.2 Å². The summed E-state index contributed by atoms with van der Waals surface area (Å²) >= 11 is 0. The van der Waals surface area contributed by atoms with Gasteiger partial charge >= 0.3 is 0 Å². The molecular weight excluding hydrogens is 294 g/mol. The number of nitrogens with one attached hydrogen (secondary N) is 1. The average Bonchev–Trinajstić information content (AvgIpc) is 3.00. The molecule has 7 heteroatoms. The largest absolute Gasteiger partial charge is 0.481 e. The van der Waals surface area contributed by atoms with Crippen LogP contribution in [-0.2, 0) is 6.42 Å². The van der Waals surface area contributed by atoms with Crippen molar-refractivity contribution in [2.24, 2.45) is 5.92 Å². The highest BCUT2D eigenvalue weighted by Crippen LogP contribution is 2.22. The fourth-order valence-corrected chi connectivity index (χ4v) is 2.89. The predicted molar refractivity (Wildman–Crippen MR) is 84.2 cm³/mol. The fraction of sp³-hybridized carbons (Fsp3) is 0.500. The van der Waals surface area contributed by atoms with E-state index < -0.39 is 0 Å². The molecule has 0 spiro atoms. The van der Waals surface area contributed by atoms with Gasteiger partial charge in [-0.2, -0.15) is 5.10 Å². The monoisotopic (exact) mass is 315 g/mol. The zero-order chi connectivity index (χ0) is 16.2. The Labute approximate surface area is 135 Å². The lowest BCUT2D eigenvalue weighted by Gasteiger charge is -2.31. The Bertz CT molecular complexity index is 659. The molecule has 1 aliphatic heterocycles. The Morgan fingerprint density at radius 2 is 2.17 bits per heavy atom. The van der Waals surface area contributed by atoms with Gasteiger partial charge < -0.3 is 9.64 Å². The minimum absolute atomic E-state index is 0.0346. The molecular formula is C16H21N5O2. The van der Waals surface area contributed by atoms with Crippen LogP contribution in [0.15, 0.2) is 18.3 Å². The Morgan fingerprint density at radius 3 is 2.74 bits per heavy atom. The van der Waals surface area contributed by atoms with Gasteiger partial charge in [-0.15, -0.1) is 0 Å². The van der Waals surface area contributed by atoms with Gasteiger partial charge in [0, 0.05) is 31.8 Å². The number of piperidine rings is 1. The summed E-state index contributed by atoms with van der Waals surface area (Å²) in [5, 5.41) is 7.06. The van der Waals surface area contributed by atoms with Crippen LogP contribution >= 0.6 is 0 Å². The maximum atomic E-state index is 12.5. The minimum atomic E-state index is 0.0346. The minimum Gasteiger partial charge on any atom is -0.481 e. The Hall–Kier alpha value is -2.44. The molecule has 2 aromatic rings. The number of rotatable bonds is 4. The molecule has 0 unspecified atom stereocenters. The quantitative estimate of drug-likeness (QED) is 0.926. The second-order valence-corrected chi connectivity index (χ2v) is 5.87. The molecule has 1 saturated heterocycles. The first kappa shape index (κ1) is 15.5. The number of H-pyrrole nitrogens is 1. The normalized spacial score (nSPS) is 15.7. The van der Waals surface area contributed by atoms with Crippen molar-refractivity contribution < 1.29 is 9.53 Å². The fourth-order valence-electron chi connectivity index (χ4n) is 2.89. The third-order valence-corrected chi connectivity index (χ3v) is 4.21. The SMILES string of the molecule is COc1ccc(C(=O)N2CCC(Cc3n[nH]c(C)n3)CC2)cn1. The van der Waals surface area contributed by atoms with Crippen LogP contribution in [0.3, 0.4) is 0 Å². The van der Waals surface area contributed by atoms with Gasteiger partial charge in [-0.1, -0.05) is 0 Å². The summed E-state index contributed by atoms with van der Waals surface area (Å²) in [4.78, 5) is 22.8. The number of carbonyl (C=O) groups excluding carboxylic acids is 1. The average molecular weight is 315 g/mol. The van der Waals surface area contributed by atoms with E-state index in [1.54, 1.807) is 25.4 Å². The van der Waals surface area contributed by atoms with E-state index in [2.05, 4.69) is 20.2 Å². The number of amides is 1. The summed E-state index contributed by atoms with van der Waals surface area (Å²) in [6.45, 7) is 3.43. The summed E-state index contributed by atoms with van der Waals surface area (Å²) in [7, 11) is 1.56. The molecule has 122 valence electrons. The number of methoxy groups -OCH3 is 1. The molecule has 0 bridgehead atoms. The number of carbonyl (C=O) groups is 1. The van der Waals surface area contributed by atoms with Gasteiger partial charge in [0.2, 0.25) is 5.88 Å². The zero-order valence-corrected chi connectivity index (χ0v) is 13.5. The highest BCUT2D eigenvalue weighted by atomic mass is 16.5. The van der Waals surface area contributed by atoms with Crippen molar-refractivity contribution in [3.8, 4) is 5.88 Å². The third kappa shape index (κ3) is 3.67. The molecule has 1 aliphatic rings. The van der Waals surface area contributed by atoms with E-state index in [0.717, 1.165) is 44.0 Å². The van der Waals surface area contributed by atoms with Gasteiger partial charge in [-0.25, -0.2) is 9.97 Å². The summed E-state index contributed by atoms with van der Waals surface area (Å²) in [6.07, 6.45) is 4.39. The van der Waals surface area contributed by atoms with E-state index in [4.69, 9.17) is 4.74 Å². The van der Waals surface area contributed by atoms with Crippen molar-refractivity contribution in [3.63, 3.8) is 0 Å². The summed E-state index contributed by atoms with van der Waals surface area (Å²) in [5.74, 6) is 2.80. The molecule has 1 amide bonds. The van der Waals surface area contributed by atoms with Gasteiger partial charge in [0.1, 0.15) is 5.82 Å². The third-order valence-electron chi connectivity index (χ3n) is 4.21. The standard InChI is InChI=1S/C16H21N5O2/c1-11-18-14(20-19-11)9-12-5-7-21(8-6-12)16(22)13-3-4-15(23-2)17-10-13/h3-4,10,12H,5-9H2,1-2H3,(H,18,19,20). The van der Waals surface area contributed by atoms with Crippen molar-refractivity contribution in [1.82, 2.24) is 25.1 Å². The number of hydrogen-bond acceptors (Lipinski definition) is 5. The van der Waals surface area contributed by atoms with E-state index in [1.165, 1.54) is 0 Å². The molecule has 7 nitrogen and oxygen atoms in total. The first-order chi connectivity index (χ1) is 11.2. The van der Waals surface area contributed by atoms with Gasteiger partial charge in [0.25, 0.3) is 5.91 Å². The number of hydrogen-bond donors (Lipinski definition) is 1. The van der Waals surface area contributed by atoms with Crippen LogP contribution in [0.25, 0.3) is 0 Å². The Kier molecular flexibility index (Phi) is 4.55. The second-order valence-electron chi connectivity index (χ2n) is 5.87. The summed E-state index contributed by atoms with van der Waals surface area (Å²) in [6, 6.07) is 3.47. The van der Waals surface area contributed by atoms with E-state index in [0.29, 0.717) is 17.4 Å². The van der Waals surface area contributed by atoms with Gasteiger partial charge in [-0.05, 0) is 31.7 Å². The number of aromatic amines is 1. The molecule has 0 aromatic carbocycles. The summed E-state index contributed by atoms with van der Waals surface area (Å²) in [5.41, 5.74) is 0.605. The van der Waals surface area contributed by atoms with E-state index in [9.17, 15) is 4.79 Å². The van der Waals surface area contributed by atoms with Crippen LogP contribution in [0, 0.1) is 12.8 Å². The number of ether oxygens (including phenoxy) is 1. The lowest BCUT2D eigenvalue weighted by Crippen LogP contribution is -2.39. The van der Waals surface area contributed by atoms with Crippen LogP contribution in [-0.4, -0.2) is 51.2 Å². The first-order valence-corrected chi connectivity index (χ1v) is 7.83. The van der Waals surface area contributed by atoms with Crippen molar-refractivity contribution in [1.29, 1.82) is 0 Å². The smallest absolute Gasteiger partial charge is 0.255 e. The molecule has 1 fully saturated rings. The molecule has 23 heavy (non-hydrogen) atoms. The van der Waals surface area contributed by atoms with Crippen LogP contribution in [0.5, 0.6) is 5.88 Å². The van der Waals surface area contributed by atoms with Gasteiger partial charge in [0.15, 0.2) is 5.82 Å². The van der Waals surface area contributed by atoms with Crippen LogP contribution in [0.1, 0.15) is 34.8 Å². The number of pyridine rings is 1. The second kappa shape index (κ2) is 6.76. The molecule has 0 atom stereocenters. The van der Waals surface area contributed by atoms with Crippen LogP contribution in [0.2, 0.25) is 0 Å². The number of aryl methyl sites for hydroxylation is 1. The van der Waals surface area contributed by atoms with E-state index in [-0.39, 0.29) is 5.91 Å². The highest BCUT2D eigenvalue weighted by molar-refractivity contribution is 5.94. The molecule has 2 aromatic heterocycles. The maximum absolute atomic E-state index is 12.5. The highest BCUT2D eigenvalue weighted by Gasteiger charge is 2.24. The number of nitrogens with zero attached hydrogens (tertiary/aromatic N) is 4. The lowest BCUT2D eigenvalue weighted by molar-refractivity contribution is 0.0689. The lowest BCUT2D eigenvalue weighted by atomic mass is 9.93. The predicted octanol–water partition coefficient (Wildman–Crippen LogP) is 1.61. The van der Waals surface area contributed by atoms with Crippen LogP contribution in [0.4, 0.5) is 0 Å². The first-order valence-electron chi connectivity index (χ1n) is 7.83. The van der Waals surface area contributed by atoms with Crippen molar-refractivity contribution >= 4 is 5.91 Å².